The number of esters is 3. The first-order chi connectivity index (χ1) is 35.0. The summed E-state index contributed by atoms with van der Waals surface area (Å²) in [7, 11) is 0. The van der Waals surface area contributed by atoms with Crippen molar-refractivity contribution in [2.45, 2.75) is 322 Å². The highest BCUT2D eigenvalue weighted by atomic mass is 16.6. The van der Waals surface area contributed by atoms with E-state index in [4.69, 9.17) is 14.2 Å². The molecule has 412 valence electrons. The van der Waals surface area contributed by atoms with E-state index >= 15 is 0 Å². The molecule has 0 heterocycles. The van der Waals surface area contributed by atoms with Crippen LogP contribution >= 0.6 is 0 Å². The highest BCUT2D eigenvalue weighted by molar-refractivity contribution is 5.71. The zero-order chi connectivity index (χ0) is 51.4. The molecule has 0 aliphatic rings. The summed E-state index contributed by atoms with van der Waals surface area (Å²) in [5.74, 6) is -0.890. The van der Waals surface area contributed by atoms with Gasteiger partial charge in [-0.3, -0.25) is 14.4 Å². The highest BCUT2D eigenvalue weighted by Crippen LogP contribution is 2.17. The lowest BCUT2D eigenvalue weighted by Gasteiger charge is -2.18. The van der Waals surface area contributed by atoms with E-state index in [1.807, 2.05) is 0 Å². The smallest absolute Gasteiger partial charge is 0.306 e. The minimum atomic E-state index is -0.785. The van der Waals surface area contributed by atoms with Crippen LogP contribution in [0.2, 0.25) is 0 Å². The normalized spacial score (nSPS) is 12.4. The maximum absolute atomic E-state index is 12.9. The lowest BCUT2D eigenvalue weighted by atomic mass is 10.0. The summed E-state index contributed by atoms with van der Waals surface area (Å²) >= 11 is 0. The number of allylic oxidation sites excluding steroid dienone is 10. The lowest BCUT2D eigenvalue weighted by Crippen LogP contribution is -2.30. The Bertz CT molecular complexity index is 1280. The fourth-order valence-electron chi connectivity index (χ4n) is 8.90. The second-order valence-electron chi connectivity index (χ2n) is 20.6. The van der Waals surface area contributed by atoms with Crippen LogP contribution in [-0.2, 0) is 28.6 Å². The van der Waals surface area contributed by atoms with Gasteiger partial charge < -0.3 is 14.2 Å². The summed E-state index contributed by atoms with van der Waals surface area (Å²) in [6.45, 7) is 6.53. The molecular weight excluding hydrogens is 877 g/mol. The van der Waals surface area contributed by atoms with Crippen molar-refractivity contribution in [3.8, 4) is 0 Å². The lowest BCUT2D eigenvalue weighted by molar-refractivity contribution is -0.167. The molecule has 0 saturated carbocycles. The van der Waals surface area contributed by atoms with Crippen molar-refractivity contribution < 1.29 is 28.6 Å². The average molecular weight is 994 g/mol. The summed E-state index contributed by atoms with van der Waals surface area (Å²) < 4.78 is 16.9. The maximum Gasteiger partial charge on any atom is 0.306 e. The Morgan fingerprint density at radius 1 is 0.296 bits per heavy atom. The van der Waals surface area contributed by atoms with Gasteiger partial charge in [-0.1, -0.05) is 274 Å². The predicted octanol–water partition coefficient (Wildman–Crippen LogP) is 20.8. The third-order valence-corrected chi connectivity index (χ3v) is 13.5. The van der Waals surface area contributed by atoms with E-state index in [-0.39, 0.29) is 31.1 Å². The molecule has 0 amide bonds. The van der Waals surface area contributed by atoms with Gasteiger partial charge in [-0.05, 0) is 83.5 Å². The van der Waals surface area contributed by atoms with Crippen molar-refractivity contribution in [3.63, 3.8) is 0 Å². The third kappa shape index (κ3) is 57.9. The molecule has 1 atom stereocenters. The molecule has 0 N–H and O–H groups in total. The number of unbranched alkanes of at least 4 members (excludes halogenated alkanes) is 35. The van der Waals surface area contributed by atoms with E-state index in [9.17, 15) is 14.4 Å². The van der Waals surface area contributed by atoms with Crippen LogP contribution in [0.3, 0.4) is 0 Å². The summed E-state index contributed by atoms with van der Waals surface area (Å²) in [6, 6.07) is 0. The molecular formula is C65H116O6. The Labute approximate surface area is 440 Å². The Hall–Kier alpha value is -2.89. The molecule has 6 heteroatoms. The van der Waals surface area contributed by atoms with Gasteiger partial charge in [0, 0.05) is 19.3 Å². The van der Waals surface area contributed by atoms with Crippen molar-refractivity contribution >= 4 is 17.9 Å². The van der Waals surface area contributed by atoms with Crippen LogP contribution in [0.1, 0.15) is 316 Å². The van der Waals surface area contributed by atoms with Crippen LogP contribution in [0.5, 0.6) is 0 Å². The summed E-state index contributed by atoms with van der Waals surface area (Å²) in [5.41, 5.74) is 0. The highest BCUT2D eigenvalue weighted by Gasteiger charge is 2.19. The molecule has 0 aromatic carbocycles. The van der Waals surface area contributed by atoms with E-state index < -0.39 is 6.10 Å². The summed E-state index contributed by atoms with van der Waals surface area (Å²) in [5, 5.41) is 0. The molecule has 0 aliphatic carbocycles. The number of ether oxygens (including phenoxy) is 3. The zero-order valence-corrected chi connectivity index (χ0v) is 47.2. The molecule has 71 heavy (non-hydrogen) atoms. The molecule has 0 saturated heterocycles. The fourth-order valence-corrected chi connectivity index (χ4v) is 8.90. The molecule has 0 spiro atoms. The van der Waals surface area contributed by atoms with Crippen LogP contribution in [0, 0.1) is 0 Å². The molecule has 0 rings (SSSR count). The maximum atomic E-state index is 12.9. The van der Waals surface area contributed by atoms with Crippen molar-refractivity contribution in [1.82, 2.24) is 0 Å². The first-order valence-corrected chi connectivity index (χ1v) is 30.8. The first-order valence-electron chi connectivity index (χ1n) is 30.8. The van der Waals surface area contributed by atoms with Gasteiger partial charge in [-0.15, -0.1) is 0 Å². The van der Waals surface area contributed by atoms with Gasteiger partial charge in [0.2, 0.25) is 0 Å². The predicted molar refractivity (Wildman–Crippen MR) is 307 cm³/mol. The van der Waals surface area contributed by atoms with Gasteiger partial charge in [0.1, 0.15) is 13.2 Å². The van der Waals surface area contributed by atoms with Crippen LogP contribution in [0.15, 0.2) is 60.8 Å². The molecule has 0 fully saturated rings. The second kappa shape index (κ2) is 59.7. The Morgan fingerprint density at radius 2 is 0.549 bits per heavy atom. The van der Waals surface area contributed by atoms with Crippen molar-refractivity contribution in [1.29, 1.82) is 0 Å². The first kappa shape index (κ1) is 68.1. The van der Waals surface area contributed by atoms with E-state index in [0.29, 0.717) is 19.3 Å². The molecule has 6 nitrogen and oxygen atoms in total. The summed E-state index contributed by atoms with van der Waals surface area (Å²) in [4.78, 5) is 38.3. The van der Waals surface area contributed by atoms with Gasteiger partial charge in [0.25, 0.3) is 0 Å². The van der Waals surface area contributed by atoms with Gasteiger partial charge in [0.15, 0.2) is 6.10 Å². The Morgan fingerprint density at radius 3 is 0.873 bits per heavy atom. The summed E-state index contributed by atoms with van der Waals surface area (Å²) in [6.07, 6.45) is 75.0. The van der Waals surface area contributed by atoms with Crippen LogP contribution < -0.4 is 0 Å². The van der Waals surface area contributed by atoms with Gasteiger partial charge in [0.05, 0.1) is 0 Å². The monoisotopic (exact) mass is 993 g/mol. The Kier molecular flexibility index (Phi) is 57.2. The molecule has 1 unspecified atom stereocenters. The standard InChI is InChI=1S/C65H116O6/c1-4-7-10-13-16-19-22-25-28-30-32-33-35-37-40-43-46-49-52-55-58-64(67)70-61-62(60-69-63(66)57-54-51-48-45-42-39-36-27-24-21-18-15-12-9-6-3)71-65(68)59-56-53-50-47-44-41-38-34-31-29-26-23-20-17-14-11-8-5-2/h9,12,18,20-21,23,27,29,31,36,62H,4-8,10-11,13-17,19,22,24-26,28,30,32-35,37-61H2,1-3H3/b12-9-,21-18-,23-20-,31-29-,36-27-. The van der Waals surface area contributed by atoms with E-state index in [1.165, 1.54) is 167 Å². The van der Waals surface area contributed by atoms with E-state index in [1.54, 1.807) is 0 Å². The van der Waals surface area contributed by atoms with Crippen molar-refractivity contribution in [2.75, 3.05) is 13.2 Å². The minimum absolute atomic E-state index is 0.0803. The van der Waals surface area contributed by atoms with Gasteiger partial charge in [-0.25, -0.2) is 0 Å². The topological polar surface area (TPSA) is 78.9 Å². The SMILES string of the molecule is CC/C=C\C/C=C\C/C=C\CCCCCCCC(=O)OCC(COC(=O)CCCCCCCCCCCCCCCCCCCCCC)OC(=O)CCCCCCCCC/C=C\C/C=C\CCCCCC. The number of carbonyl (C=O) groups excluding carboxylic acids is 3. The van der Waals surface area contributed by atoms with Crippen molar-refractivity contribution in [2.24, 2.45) is 0 Å². The zero-order valence-electron chi connectivity index (χ0n) is 47.2. The third-order valence-electron chi connectivity index (χ3n) is 13.5. The average Bonchev–Trinajstić information content (AvgIpc) is 3.37. The van der Waals surface area contributed by atoms with Gasteiger partial charge >= 0.3 is 17.9 Å². The van der Waals surface area contributed by atoms with E-state index in [2.05, 4.69) is 81.5 Å². The van der Waals surface area contributed by atoms with E-state index in [0.717, 1.165) is 109 Å². The van der Waals surface area contributed by atoms with Crippen molar-refractivity contribution in [3.05, 3.63) is 60.8 Å². The number of hydrogen-bond acceptors (Lipinski definition) is 6. The number of rotatable bonds is 56. The minimum Gasteiger partial charge on any atom is -0.462 e. The molecule has 0 aromatic rings. The Balaban J connectivity index is 4.36. The largest absolute Gasteiger partial charge is 0.462 e. The number of hydrogen-bond donors (Lipinski definition) is 0. The van der Waals surface area contributed by atoms with Crippen LogP contribution in [-0.4, -0.2) is 37.2 Å². The van der Waals surface area contributed by atoms with Crippen LogP contribution in [0.25, 0.3) is 0 Å². The number of carbonyl (C=O) groups is 3. The molecule has 0 aliphatic heterocycles. The van der Waals surface area contributed by atoms with Gasteiger partial charge in [-0.2, -0.15) is 0 Å². The molecule has 0 radical (unpaired) electrons. The fraction of sp³-hybridized carbons (Fsp3) is 0.800. The quantitative estimate of drug-likeness (QED) is 0.0261. The molecule has 0 bridgehead atoms. The molecule has 0 aromatic heterocycles. The second-order valence-corrected chi connectivity index (χ2v) is 20.6. The van der Waals surface area contributed by atoms with Crippen LogP contribution in [0.4, 0.5) is 0 Å².